The minimum absolute atomic E-state index is 0.188. The molecule has 5 nitrogen and oxygen atoms in total. The highest BCUT2D eigenvalue weighted by molar-refractivity contribution is 5.80. The van der Waals surface area contributed by atoms with Gasteiger partial charge in [-0.1, -0.05) is 11.6 Å². The molecule has 136 valence electrons. The summed E-state index contributed by atoms with van der Waals surface area (Å²) in [7, 11) is 1.84. The summed E-state index contributed by atoms with van der Waals surface area (Å²) in [4.78, 5) is 9.00. The second kappa shape index (κ2) is 8.85. The molecule has 0 unspecified atom stereocenters. The molecule has 0 atom stereocenters. The van der Waals surface area contributed by atoms with Crippen molar-refractivity contribution in [3.05, 3.63) is 41.7 Å². The van der Waals surface area contributed by atoms with Crippen LogP contribution in [0.15, 0.2) is 40.9 Å². The molecule has 1 aromatic carbocycles. The van der Waals surface area contributed by atoms with Crippen molar-refractivity contribution in [2.24, 2.45) is 4.99 Å². The van der Waals surface area contributed by atoms with Crippen LogP contribution in [-0.2, 0) is 4.74 Å². The number of ether oxygens (including phenoxy) is 1. The summed E-state index contributed by atoms with van der Waals surface area (Å²) in [5.74, 6) is 0.776. The van der Waals surface area contributed by atoms with Crippen LogP contribution >= 0.6 is 0 Å². The van der Waals surface area contributed by atoms with Crippen LogP contribution in [0.4, 0.5) is 10.1 Å². The van der Waals surface area contributed by atoms with Crippen LogP contribution in [0.3, 0.4) is 0 Å². The Kier molecular flexibility index (Phi) is 6.28. The van der Waals surface area contributed by atoms with Crippen molar-refractivity contribution in [1.82, 2.24) is 10.2 Å². The molecule has 0 spiro atoms. The third-order valence-electron chi connectivity index (χ3n) is 4.77. The number of aliphatic imine (C=N–C) groups is 1. The number of guanidine groups is 1. The molecule has 1 aromatic rings. The maximum Gasteiger partial charge on any atom is 0.193 e. The summed E-state index contributed by atoms with van der Waals surface area (Å²) < 4.78 is 18.4. The van der Waals surface area contributed by atoms with E-state index in [0.29, 0.717) is 0 Å². The minimum atomic E-state index is -0.188. The topological polar surface area (TPSA) is 40.1 Å². The smallest absolute Gasteiger partial charge is 0.193 e. The first-order valence-electron chi connectivity index (χ1n) is 8.98. The average molecular weight is 346 g/mol. The number of nitrogens with zero attached hydrogens (tertiary/aromatic N) is 3. The lowest BCUT2D eigenvalue weighted by Gasteiger charge is -2.37. The fourth-order valence-corrected chi connectivity index (χ4v) is 3.29. The van der Waals surface area contributed by atoms with Crippen LogP contribution < -0.4 is 10.2 Å². The van der Waals surface area contributed by atoms with Crippen LogP contribution in [0.25, 0.3) is 0 Å². The Morgan fingerprint density at radius 3 is 2.60 bits per heavy atom. The summed E-state index contributed by atoms with van der Waals surface area (Å²) in [6.45, 7) is 6.13. The van der Waals surface area contributed by atoms with Crippen molar-refractivity contribution in [2.45, 2.75) is 12.8 Å². The lowest BCUT2D eigenvalue weighted by Crippen LogP contribution is -2.52. The molecule has 2 heterocycles. The van der Waals surface area contributed by atoms with Gasteiger partial charge in [-0.3, -0.25) is 4.99 Å². The van der Waals surface area contributed by atoms with E-state index in [1.807, 2.05) is 19.2 Å². The third-order valence-corrected chi connectivity index (χ3v) is 4.77. The standard InChI is InChI=1S/C19H27FN4O/c1-21-19(22-9-6-16-7-14-25-15-8-16)24-12-10-23(11-13-24)18-4-2-17(20)3-5-18/h2-5,7H,6,8-15H2,1H3,(H,21,22). The van der Waals surface area contributed by atoms with E-state index in [1.165, 1.54) is 17.7 Å². The molecule has 25 heavy (non-hydrogen) atoms. The van der Waals surface area contributed by atoms with Crippen LogP contribution in [0.2, 0.25) is 0 Å². The Bertz CT molecular complexity index is 606. The minimum Gasteiger partial charge on any atom is -0.377 e. The van der Waals surface area contributed by atoms with E-state index >= 15 is 0 Å². The van der Waals surface area contributed by atoms with Crippen LogP contribution in [0, 0.1) is 5.82 Å². The van der Waals surface area contributed by atoms with Gasteiger partial charge in [0.05, 0.1) is 13.2 Å². The fourth-order valence-electron chi connectivity index (χ4n) is 3.29. The van der Waals surface area contributed by atoms with E-state index in [0.717, 1.165) is 70.4 Å². The summed E-state index contributed by atoms with van der Waals surface area (Å²) in [6, 6.07) is 6.74. The van der Waals surface area contributed by atoms with Gasteiger partial charge in [0.1, 0.15) is 5.82 Å². The predicted molar refractivity (Wildman–Crippen MR) is 99.7 cm³/mol. The lowest BCUT2D eigenvalue weighted by molar-refractivity contribution is 0.153. The second-order valence-electron chi connectivity index (χ2n) is 6.36. The molecule has 0 aromatic heterocycles. The Balaban J connectivity index is 1.45. The SMILES string of the molecule is CN=C(NCCC1=CCOCC1)N1CCN(c2ccc(F)cc2)CC1. The van der Waals surface area contributed by atoms with Crippen LogP contribution in [0.1, 0.15) is 12.8 Å². The molecule has 6 heteroatoms. The van der Waals surface area contributed by atoms with E-state index in [-0.39, 0.29) is 5.82 Å². The van der Waals surface area contributed by atoms with Gasteiger partial charge in [0.25, 0.3) is 0 Å². The number of piperazine rings is 1. The molecule has 0 amide bonds. The molecule has 0 saturated carbocycles. The second-order valence-corrected chi connectivity index (χ2v) is 6.36. The quantitative estimate of drug-likeness (QED) is 0.516. The van der Waals surface area contributed by atoms with Gasteiger partial charge in [-0.25, -0.2) is 4.39 Å². The summed E-state index contributed by atoms with van der Waals surface area (Å²) >= 11 is 0. The average Bonchev–Trinajstić information content (AvgIpc) is 2.67. The Hall–Kier alpha value is -2.08. The van der Waals surface area contributed by atoms with Gasteiger partial charge >= 0.3 is 0 Å². The first kappa shape index (κ1) is 17.7. The number of anilines is 1. The van der Waals surface area contributed by atoms with Gasteiger partial charge in [0.2, 0.25) is 0 Å². The molecule has 1 N–H and O–H groups in total. The molecule has 2 aliphatic heterocycles. The van der Waals surface area contributed by atoms with Gasteiger partial charge in [-0.15, -0.1) is 0 Å². The summed E-state index contributed by atoms with van der Waals surface area (Å²) in [6.07, 6.45) is 4.27. The molecule has 3 rings (SSSR count). The highest BCUT2D eigenvalue weighted by Gasteiger charge is 2.19. The monoisotopic (exact) mass is 346 g/mol. The van der Waals surface area contributed by atoms with Crippen molar-refractivity contribution < 1.29 is 9.13 Å². The molecule has 0 aliphatic carbocycles. The fraction of sp³-hybridized carbons (Fsp3) is 0.526. The van der Waals surface area contributed by atoms with Gasteiger partial charge in [-0.2, -0.15) is 0 Å². The number of nitrogens with one attached hydrogen (secondary N) is 1. The number of halogens is 1. The highest BCUT2D eigenvalue weighted by atomic mass is 19.1. The zero-order valence-corrected chi connectivity index (χ0v) is 14.9. The number of benzene rings is 1. The summed E-state index contributed by atoms with van der Waals surface area (Å²) in [5, 5.41) is 3.47. The third kappa shape index (κ3) is 4.95. The zero-order chi connectivity index (χ0) is 17.5. The van der Waals surface area contributed by atoms with Gasteiger partial charge in [0.15, 0.2) is 5.96 Å². The van der Waals surface area contributed by atoms with Crippen molar-refractivity contribution >= 4 is 11.6 Å². The van der Waals surface area contributed by atoms with E-state index in [1.54, 1.807) is 0 Å². The molecule has 1 saturated heterocycles. The first-order valence-corrected chi connectivity index (χ1v) is 8.98. The van der Waals surface area contributed by atoms with Gasteiger partial charge in [-0.05, 0) is 37.1 Å². The normalized spacial score (nSPS) is 19.0. The molecule has 0 radical (unpaired) electrons. The Morgan fingerprint density at radius 2 is 1.96 bits per heavy atom. The van der Waals surface area contributed by atoms with Crippen LogP contribution in [0.5, 0.6) is 0 Å². The molecule has 0 bridgehead atoms. The molecule has 1 fully saturated rings. The highest BCUT2D eigenvalue weighted by Crippen LogP contribution is 2.17. The molecular formula is C19H27FN4O. The number of hydrogen-bond donors (Lipinski definition) is 1. The Labute approximate surface area is 149 Å². The Morgan fingerprint density at radius 1 is 1.20 bits per heavy atom. The van der Waals surface area contributed by atoms with Gasteiger partial charge in [0, 0.05) is 45.5 Å². The predicted octanol–water partition coefficient (Wildman–Crippen LogP) is 2.26. The van der Waals surface area contributed by atoms with E-state index in [9.17, 15) is 4.39 Å². The summed E-state index contributed by atoms with van der Waals surface area (Å²) in [5.41, 5.74) is 2.55. The molecule has 2 aliphatic rings. The van der Waals surface area contributed by atoms with Crippen molar-refractivity contribution in [2.75, 3.05) is 57.9 Å². The van der Waals surface area contributed by atoms with Crippen molar-refractivity contribution in [1.29, 1.82) is 0 Å². The largest absolute Gasteiger partial charge is 0.377 e. The first-order chi connectivity index (χ1) is 12.3. The van der Waals surface area contributed by atoms with E-state index in [2.05, 4.69) is 26.2 Å². The zero-order valence-electron chi connectivity index (χ0n) is 14.9. The lowest BCUT2D eigenvalue weighted by atomic mass is 10.1. The van der Waals surface area contributed by atoms with Crippen molar-refractivity contribution in [3.8, 4) is 0 Å². The van der Waals surface area contributed by atoms with Gasteiger partial charge < -0.3 is 19.9 Å². The van der Waals surface area contributed by atoms with E-state index in [4.69, 9.17) is 4.74 Å². The van der Waals surface area contributed by atoms with Crippen LogP contribution in [-0.4, -0.2) is 63.8 Å². The number of rotatable bonds is 4. The maximum absolute atomic E-state index is 13.1. The maximum atomic E-state index is 13.1. The number of hydrogen-bond acceptors (Lipinski definition) is 3. The molecular weight excluding hydrogens is 319 g/mol. The van der Waals surface area contributed by atoms with E-state index < -0.39 is 0 Å². The van der Waals surface area contributed by atoms with Crippen molar-refractivity contribution in [3.63, 3.8) is 0 Å².